The summed E-state index contributed by atoms with van der Waals surface area (Å²) in [5.74, 6) is -0.387. The Balaban J connectivity index is 2.37. The van der Waals surface area contributed by atoms with Crippen LogP contribution in [0.5, 0.6) is 0 Å². The second kappa shape index (κ2) is 9.02. The molecule has 2 unspecified atom stereocenters. The maximum Gasteiger partial charge on any atom is 0.303 e. The number of carboxylic acid groups (broad SMARTS) is 1. The summed E-state index contributed by atoms with van der Waals surface area (Å²) in [4.78, 5) is 13.0. The van der Waals surface area contributed by atoms with Gasteiger partial charge < -0.3 is 10.8 Å². The molecule has 0 aromatic heterocycles. The average molecular weight is 363 g/mol. The molecule has 3 N–H and O–H groups in total. The van der Waals surface area contributed by atoms with Crippen LogP contribution in [0.15, 0.2) is 64.4 Å². The van der Waals surface area contributed by atoms with Gasteiger partial charge in [-0.3, -0.25) is 4.79 Å². The van der Waals surface area contributed by atoms with Crippen LogP contribution in [0.1, 0.15) is 18.4 Å². The van der Waals surface area contributed by atoms with Crippen LogP contribution in [-0.4, -0.2) is 29.4 Å². The molecule has 0 bridgehead atoms. The first kappa shape index (κ1) is 19.5. The molecule has 136 valence electrons. The number of aliphatic carboxylic acids is 1. The van der Waals surface area contributed by atoms with Crippen molar-refractivity contribution in [3.63, 3.8) is 0 Å². The monoisotopic (exact) mass is 363 g/mol. The van der Waals surface area contributed by atoms with Crippen LogP contribution >= 0.6 is 10.0 Å². The SMILES string of the molecule is Cc1ccc(S(CF)(CCC(CN)CC(=O)O)c2ccccc2)cc1. The number of alkyl halides is 1. The fraction of sp³-hybridized carbons (Fsp3) is 0.350. The van der Waals surface area contributed by atoms with Crippen molar-refractivity contribution in [2.75, 3.05) is 18.3 Å². The summed E-state index contributed by atoms with van der Waals surface area (Å²) in [6.45, 7) is 2.31. The predicted octanol–water partition coefficient (Wildman–Crippen LogP) is 4.58. The van der Waals surface area contributed by atoms with E-state index in [0.717, 1.165) is 15.4 Å². The normalized spacial score (nSPS) is 16.0. The highest BCUT2D eigenvalue weighted by Gasteiger charge is 2.30. The summed E-state index contributed by atoms with van der Waals surface area (Å²) in [6.07, 6.45) is 0.631. The first-order chi connectivity index (χ1) is 12.0. The lowest BCUT2D eigenvalue weighted by Gasteiger charge is -2.39. The van der Waals surface area contributed by atoms with Gasteiger partial charge in [0.2, 0.25) is 0 Å². The second-order valence-corrected chi connectivity index (χ2v) is 9.65. The van der Waals surface area contributed by atoms with Crippen LogP contribution < -0.4 is 5.73 Å². The van der Waals surface area contributed by atoms with E-state index in [1.807, 2.05) is 61.5 Å². The third kappa shape index (κ3) is 4.83. The number of nitrogens with two attached hydrogens (primary N) is 1. The highest BCUT2D eigenvalue weighted by Crippen LogP contribution is 2.63. The Morgan fingerprint density at radius 1 is 1.12 bits per heavy atom. The molecule has 0 spiro atoms. The summed E-state index contributed by atoms with van der Waals surface area (Å²) in [7, 11) is -1.86. The van der Waals surface area contributed by atoms with Gasteiger partial charge >= 0.3 is 5.97 Å². The molecule has 2 aromatic carbocycles. The zero-order chi connectivity index (χ0) is 18.3. The van der Waals surface area contributed by atoms with Crippen LogP contribution in [0.25, 0.3) is 0 Å². The Hall–Kier alpha value is -1.85. The van der Waals surface area contributed by atoms with Gasteiger partial charge in [-0.1, -0.05) is 35.9 Å². The van der Waals surface area contributed by atoms with Crippen molar-refractivity contribution in [1.82, 2.24) is 0 Å². The molecular formula is C20H26FNO2S. The number of carbonyl (C=O) groups is 1. The van der Waals surface area contributed by atoms with Crippen molar-refractivity contribution in [2.45, 2.75) is 29.6 Å². The minimum atomic E-state index is -1.86. The van der Waals surface area contributed by atoms with Gasteiger partial charge in [-0.2, -0.15) is 10.0 Å². The summed E-state index contributed by atoms with van der Waals surface area (Å²) in [6, 6.07) is 17.3. The van der Waals surface area contributed by atoms with Crippen LogP contribution in [0.3, 0.4) is 0 Å². The van der Waals surface area contributed by atoms with E-state index in [4.69, 9.17) is 10.8 Å². The lowest BCUT2D eigenvalue weighted by molar-refractivity contribution is -0.138. The van der Waals surface area contributed by atoms with Gasteiger partial charge in [0, 0.05) is 6.42 Å². The summed E-state index contributed by atoms with van der Waals surface area (Å²) in [5, 5.41) is 9.04. The first-order valence-corrected chi connectivity index (χ1v) is 10.4. The van der Waals surface area contributed by atoms with E-state index < -0.39 is 22.0 Å². The molecule has 0 saturated carbocycles. The molecule has 2 rings (SSSR count). The van der Waals surface area contributed by atoms with Crippen LogP contribution in [0.2, 0.25) is 0 Å². The molecule has 0 heterocycles. The van der Waals surface area contributed by atoms with E-state index in [-0.39, 0.29) is 12.3 Å². The van der Waals surface area contributed by atoms with E-state index in [9.17, 15) is 9.18 Å². The van der Waals surface area contributed by atoms with Gasteiger partial charge in [0.25, 0.3) is 0 Å². The molecule has 25 heavy (non-hydrogen) atoms. The number of hydrogen-bond donors (Lipinski definition) is 2. The Bertz CT molecular complexity index is 678. The molecule has 5 heteroatoms. The van der Waals surface area contributed by atoms with E-state index in [0.29, 0.717) is 18.7 Å². The van der Waals surface area contributed by atoms with Crippen molar-refractivity contribution in [3.05, 3.63) is 60.2 Å². The third-order valence-electron chi connectivity index (χ3n) is 4.52. The second-order valence-electron chi connectivity index (χ2n) is 6.31. The number of rotatable bonds is 9. The van der Waals surface area contributed by atoms with Crippen LogP contribution in [-0.2, 0) is 4.79 Å². The molecular weight excluding hydrogens is 337 g/mol. The number of aryl methyl sites for hydroxylation is 1. The number of carboxylic acids is 1. The van der Waals surface area contributed by atoms with Crippen molar-refractivity contribution in [2.24, 2.45) is 11.7 Å². The van der Waals surface area contributed by atoms with Gasteiger partial charge in [0.05, 0.1) is 0 Å². The average Bonchev–Trinajstić information content (AvgIpc) is 2.63. The molecule has 0 fully saturated rings. The first-order valence-electron chi connectivity index (χ1n) is 8.40. The molecule has 0 aliphatic heterocycles. The zero-order valence-corrected chi connectivity index (χ0v) is 15.3. The quantitative estimate of drug-likeness (QED) is 0.685. The number of benzene rings is 2. The fourth-order valence-electron chi connectivity index (χ4n) is 2.95. The minimum Gasteiger partial charge on any atom is -0.481 e. The maximum atomic E-state index is 14.5. The van der Waals surface area contributed by atoms with Gasteiger partial charge in [0.15, 0.2) is 0 Å². The Morgan fingerprint density at radius 2 is 1.72 bits per heavy atom. The topological polar surface area (TPSA) is 63.3 Å². The molecule has 2 atom stereocenters. The van der Waals surface area contributed by atoms with E-state index in [2.05, 4.69) is 0 Å². The summed E-state index contributed by atoms with van der Waals surface area (Å²) >= 11 is 0. The Kier molecular flexibility index (Phi) is 7.02. The molecule has 2 aromatic rings. The fourth-order valence-corrected chi connectivity index (χ4v) is 6.13. The predicted molar refractivity (Wildman–Crippen MR) is 102 cm³/mol. The zero-order valence-electron chi connectivity index (χ0n) is 14.5. The largest absolute Gasteiger partial charge is 0.481 e. The molecule has 0 aliphatic rings. The Labute approximate surface area is 150 Å². The van der Waals surface area contributed by atoms with Gasteiger partial charge in [-0.15, -0.1) is 0 Å². The molecule has 0 amide bonds. The smallest absolute Gasteiger partial charge is 0.303 e. The molecule has 3 nitrogen and oxygen atoms in total. The number of hydrogen-bond acceptors (Lipinski definition) is 2. The Morgan fingerprint density at radius 3 is 2.24 bits per heavy atom. The minimum absolute atomic E-state index is 0.0288. The molecule has 0 aliphatic carbocycles. The van der Waals surface area contributed by atoms with Crippen LogP contribution in [0.4, 0.5) is 4.39 Å². The van der Waals surface area contributed by atoms with Gasteiger partial charge in [0.1, 0.15) is 6.01 Å². The summed E-state index contributed by atoms with van der Waals surface area (Å²) in [5.41, 5.74) is 6.88. The van der Waals surface area contributed by atoms with Gasteiger partial charge in [-0.05, 0) is 65.6 Å². The standard InChI is InChI=1S/C20H26FNO2S/c1-16-7-9-19(10-8-16)25(15-21,18-5-3-2-4-6-18)12-11-17(14-22)13-20(23)24/h2-10,17H,11-15,22H2,1H3,(H,23,24). The van der Waals surface area contributed by atoms with Crippen molar-refractivity contribution in [1.29, 1.82) is 0 Å². The van der Waals surface area contributed by atoms with Gasteiger partial charge in [-0.25, -0.2) is 4.39 Å². The maximum absolute atomic E-state index is 14.5. The van der Waals surface area contributed by atoms with Crippen molar-refractivity contribution in [3.8, 4) is 0 Å². The molecule has 0 saturated heterocycles. The van der Waals surface area contributed by atoms with E-state index >= 15 is 0 Å². The summed E-state index contributed by atoms with van der Waals surface area (Å²) < 4.78 is 14.5. The third-order valence-corrected chi connectivity index (χ3v) is 8.18. The highest BCUT2D eigenvalue weighted by atomic mass is 32.3. The van der Waals surface area contributed by atoms with E-state index in [1.165, 1.54) is 0 Å². The number of halogens is 1. The highest BCUT2D eigenvalue weighted by molar-refractivity contribution is 8.33. The molecule has 0 radical (unpaired) electrons. The van der Waals surface area contributed by atoms with Crippen molar-refractivity contribution >= 4 is 16.0 Å². The lowest BCUT2D eigenvalue weighted by atomic mass is 10.0. The van der Waals surface area contributed by atoms with Crippen molar-refractivity contribution < 1.29 is 14.3 Å². The van der Waals surface area contributed by atoms with Crippen LogP contribution in [0, 0.1) is 12.8 Å². The van der Waals surface area contributed by atoms with E-state index in [1.54, 1.807) is 0 Å². The lowest BCUT2D eigenvalue weighted by Crippen LogP contribution is -2.21.